The third-order valence-corrected chi connectivity index (χ3v) is 12.1. The normalized spacial score (nSPS) is 11.5. The van der Waals surface area contributed by atoms with E-state index < -0.39 is 0 Å². The summed E-state index contributed by atoms with van der Waals surface area (Å²) in [6, 6.07) is 78.4. The Bertz CT molecular complexity index is 3550. The van der Waals surface area contributed by atoms with Gasteiger partial charge in [0, 0.05) is 54.7 Å². The standard InChI is InChI=1S/C59H37N3O/c1-4-16-38(17-5-1)43-22-14-24-45(34-43)51-37-52(46-25-15-23-44(35-46)39-18-6-2-7-19-39)62-59(61-51)42-32-30-41(31-33-42)58-49-36-54-57(48-27-11-13-29-53(48)63-54)55(40-20-8-3-9-21-40)56(49)47-26-10-12-28-50(47)60-58/h1-37H. The molecule has 0 aliphatic carbocycles. The number of fused-ring (bicyclic) bond motifs is 6. The van der Waals surface area contributed by atoms with Crippen LogP contribution in [0.5, 0.6) is 0 Å². The predicted octanol–water partition coefficient (Wildman–Crippen LogP) is 15.7. The highest BCUT2D eigenvalue weighted by Gasteiger charge is 2.22. The zero-order chi connectivity index (χ0) is 41.7. The number of furan rings is 1. The van der Waals surface area contributed by atoms with Gasteiger partial charge < -0.3 is 4.42 Å². The van der Waals surface area contributed by atoms with Crippen molar-refractivity contribution in [3.05, 3.63) is 224 Å². The van der Waals surface area contributed by atoms with E-state index in [1.807, 2.05) is 24.3 Å². The predicted molar refractivity (Wildman–Crippen MR) is 260 cm³/mol. The molecule has 0 amide bonds. The van der Waals surface area contributed by atoms with Gasteiger partial charge in [0.2, 0.25) is 0 Å². The van der Waals surface area contributed by atoms with Crippen molar-refractivity contribution in [1.82, 2.24) is 15.0 Å². The van der Waals surface area contributed by atoms with E-state index in [1.54, 1.807) is 0 Å². The first kappa shape index (κ1) is 36.4. The average molecular weight is 804 g/mol. The van der Waals surface area contributed by atoms with Gasteiger partial charge in [0.25, 0.3) is 0 Å². The van der Waals surface area contributed by atoms with Gasteiger partial charge in [0.1, 0.15) is 11.2 Å². The highest BCUT2D eigenvalue weighted by atomic mass is 16.3. The third-order valence-electron chi connectivity index (χ3n) is 12.1. The number of nitrogens with zero attached hydrogens (tertiary/aromatic N) is 3. The summed E-state index contributed by atoms with van der Waals surface area (Å²) in [5.41, 5.74) is 16.1. The van der Waals surface area contributed by atoms with Gasteiger partial charge in [-0.15, -0.1) is 0 Å². The van der Waals surface area contributed by atoms with Crippen molar-refractivity contribution in [2.75, 3.05) is 0 Å². The molecule has 12 aromatic rings. The van der Waals surface area contributed by atoms with E-state index in [0.717, 1.165) is 116 Å². The molecule has 63 heavy (non-hydrogen) atoms. The van der Waals surface area contributed by atoms with Gasteiger partial charge in [-0.2, -0.15) is 0 Å². The molecule has 12 rings (SSSR count). The lowest BCUT2D eigenvalue weighted by atomic mass is 9.89. The van der Waals surface area contributed by atoms with E-state index in [0.29, 0.717) is 5.82 Å². The van der Waals surface area contributed by atoms with E-state index in [9.17, 15) is 0 Å². The molecule has 0 atom stereocenters. The van der Waals surface area contributed by atoms with Crippen LogP contribution in [0.1, 0.15) is 0 Å². The number of para-hydroxylation sites is 2. The van der Waals surface area contributed by atoms with Crippen molar-refractivity contribution in [2.24, 2.45) is 0 Å². The summed E-state index contributed by atoms with van der Waals surface area (Å²) >= 11 is 0. The number of hydrogen-bond acceptors (Lipinski definition) is 4. The minimum atomic E-state index is 0.649. The molecule has 0 aliphatic heterocycles. The maximum atomic E-state index is 6.62. The number of rotatable bonds is 7. The minimum Gasteiger partial charge on any atom is -0.456 e. The van der Waals surface area contributed by atoms with Gasteiger partial charge in [-0.05, 0) is 64.2 Å². The van der Waals surface area contributed by atoms with Crippen molar-refractivity contribution >= 4 is 43.6 Å². The summed E-state index contributed by atoms with van der Waals surface area (Å²) < 4.78 is 6.62. The molecule has 3 heterocycles. The van der Waals surface area contributed by atoms with Crippen molar-refractivity contribution in [2.45, 2.75) is 0 Å². The van der Waals surface area contributed by atoms with E-state index in [2.05, 4.69) is 200 Å². The lowest BCUT2D eigenvalue weighted by Crippen LogP contribution is -1.97. The molecule has 294 valence electrons. The van der Waals surface area contributed by atoms with Crippen LogP contribution in [-0.2, 0) is 0 Å². The van der Waals surface area contributed by atoms with Gasteiger partial charge in [0.15, 0.2) is 5.82 Å². The van der Waals surface area contributed by atoms with Gasteiger partial charge in [-0.1, -0.05) is 188 Å². The van der Waals surface area contributed by atoms with Crippen LogP contribution >= 0.6 is 0 Å². The fourth-order valence-electron chi connectivity index (χ4n) is 9.06. The molecular formula is C59H37N3O. The third kappa shape index (κ3) is 6.53. The second kappa shape index (κ2) is 15.2. The number of benzene rings is 9. The zero-order valence-corrected chi connectivity index (χ0v) is 34.1. The summed E-state index contributed by atoms with van der Waals surface area (Å²) in [7, 11) is 0. The first-order chi connectivity index (χ1) is 31.2. The average Bonchev–Trinajstić information content (AvgIpc) is 3.74. The second-order valence-electron chi connectivity index (χ2n) is 15.9. The quantitative estimate of drug-likeness (QED) is 0.151. The Morgan fingerprint density at radius 1 is 0.286 bits per heavy atom. The van der Waals surface area contributed by atoms with Gasteiger partial charge >= 0.3 is 0 Å². The van der Waals surface area contributed by atoms with E-state index in [4.69, 9.17) is 19.4 Å². The SMILES string of the molecule is c1ccc(-c2cccc(-c3cc(-c4cccc(-c5ccccc5)c4)nc(-c4ccc(-c5nc6ccccc6c6c(-c7ccccc7)c7c(cc56)oc5ccccc57)cc4)n3)c2)cc1. The molecule has 0 bridgehead atoms. The number of aromatic nitrogens is 3. The molecule has 9 aromatic carbocycles. The van der Waals surface area contributed by atoms with Crippen LogP contribution in [0.3, 0.4) is 0 Å². The summed E-state index contributed by atoms with van der Waals surface area (Å²) in [6.45, 7) is 0. The Morgan fingerprint density at radius 2 is 0.794 bits per heavy atom. The molecule has 0 N–H and O–H groups in total. The highest BCUT2D eigenvalue weighted by Crippen LogP contribution is 2.46. The molecule has 0 saturated carbocycles. The van der Waals surface area contributed by atoms with Crippen LogP contribution in [0.15, 0.2) is 229 Å². The lowest BCUT2D eigenvalue weighted by Gasteiger charge is -2.16. The monoisotopic (exact) mass is 803 g/mol. The summed E-state index contributed by atoms with van der Waals surface area (Å²) in [6.07, 6.45) is 0. The van der Waals surface area contributed by atoms with Crippen LogP contribution in [0, 0.1) is 0 Å². The molecule has 4 heteroatoms. The highest BCUT2D eigenvalue weighted by molar-refractivity contribution is 6.27. The molecule has 3 aromatic heterocycles. The second-order valence-corrected chi connectivity index (χ2v) is 15.9. The topological polar surface area (TPSA) is 51.8 Å². The van der Waals surface area contributed by atoms with Crippen molar-refractivity contribution in [1.29, 1.82) is 0 Å². The fourth-order valence-corrected chi connectivity index (χ4v) is 9.06. The summed E-state index contributed by atoms with van der Waals surface area (Å²) in [5, 5.41) is 5.49. The number of hydrogen-bond donors (Lipinski definition) is 0. The summed E-state index contributed by atoms with van der Waals surface area (Å²) in [4.78, 5) is 15.9. The molecule has 0 unspecified atom stereocenters. The molecule has 0 radical (unpaired) electrons. The van der Waals surface area contributed by atoms with E-state index in [-0.39, 0.29) is 0 Å². The van der Waals surface area contributed by atoms with Gasteiger partial charge in [-0.3, -0.25) is 0 Å². The Balaban J connectivity index is 1.03. The Kier molecular flexibility index (Phi) is 8.79. The molecule has 0 saturated heterocycles. The maximum Gasteiger partial charge on any atom is 0.160 e. The first-order valence-corrected chi connectivity index (χ1v) is 21.3. The Morgan fingerprint density at radius 3 is 1.43 bits per heavy atom. The molecule has 0 fully saturated rings. The van der Waals surface area contributed by atoms with Crippen molar-refractivity contribution in [3.63, 3.8) is 0 Å². The molecular weight excluding hydrogens is 767 g/mol. The fraction of sp³-hybridized carbons (Fsp3) is 0. The Labute approximate surface area is 364 Å². The summed E-state index contributed by atoms with van der Waals surface area (Å²) in [5.74, 6) is 0.649. The smallest absolute Gasteiger partial charge is 0.160 e. The van der Waals surface area contributed by atoms with Crippen LogP contribution in [0.2, 0.25) is 0 Å². The lowest BCUT2D eigenvalue weighted by molar-refractivity contribution is 0.669. The van der Waals surface area contributed by atoms with Crippen molar-refractivity contribution < 1.29 is 4.42 Å². The van der Waals surface area contributed by atoms with E-state index in [1.165, 1.54) is 0 Å². The largest absolute Gasteiger partial charge is 0.456 e. The van der Waals surface area contributed by atoms with E-state index >= 15 is 0 Å². The number of pyridine rings is 1. The molecule has 0 spiro atoms. The maximum absolute atomic E-state index is 6.62. The first-order valence-electron chi connectivity index (χ1n) is 21.3. The molecule has 4 nitrogen and oxygen atoms in total. The minimum absolute atomic E-state index is 0.649. The van der Waals surface area contributed by atoms with Crippen LogP contribution in [-0.4, -0.2) is 15.0 Å². The van der Waals surface area contributed by atoms with Crippen molar-refractivity contribution in [3.8, 4) is 78.5 Å². The van der Waals surface area contributed by atoms with Crippen LogP contribution < -0.4 is 0 Å². The molecule has 0 aliphatic rings. The van der Waals surface area contributed by atoms with Crippen LogP contribution in [0.25, 0.3) is 122 Å². The van der Waals surface area contributed by atoms with Gasteiger partial charge in [-0.25, -0.2) is 15.0 Å². The Hall–Kier alpha value is -8.47. The zero-order valence-electron chi connectivity index (χ0n) is 34.1. The van der Waals surface area contributed by atoms with Gasteiger partial charge in [0.05, 0.1) is 22.6 Å². The van der Waals surface area contributed by atoms with Crippen LogP contribution in [0.4, 0.5) is 0 Å².